The Labute approximate surface area is 163 Å². The van der Waals surface area contributed by atoms with Gasteiger partial charge in [0.1, 0.15) is 0 Å². The van der Waals surface area contributed by atoms with Gasteiger partial charge in [0.05, 0.1) is 0 Å². The van der Waals surface area contributed by atoms with E-state index >= 15 is 0 Å². The molecule has 2 N–H and O–H groups in total. The first-order valence-electron chi connectivity index (χ1n) is 9.46. The van der Waals surface area contributed by atoms with E-state index in [2.05, 4.69) is 61.1 Å². The van der Waals surface area contributed by atoms with Gasteiger partial charge in [-0.15, -0.1) is 0 Å². The normalized spacial score (nSPS) is 17.9. The van der Waals surface area contributed by atoms with E-state index in [4.69, 9.17) is 0 Å². The van der Waals surface area contributed by atoms with E-state index in [0.717, 1.165) is 24.9 Å². The van der Waals surface area contributed by atoms with E-state index in [1.165, 1.54) is 0 Å². The Morgan fingerprint density at radius 2 is 1.28 bits per heavy atom. The minimum atomic E-state index is -1.83. The molecule has 0 aliphatic heterocycles. The van der Waals surface area contributed by atoms with Crippen LogP contribution < -0.4 is 0 Å². The molecule has 2 aliphatic carbocycles. The van der Waals surface area contributed by atoms with Crippen LogP contribution in [0.4, 0.5) is 0 Å². The molecule has 0 amide bonds. The van der Waals surface area contributed by atoms with E-state index in [1.807, 2.05) is 0 Å². The molecule has 0 atom stereocenters. The number of hydrogen-bond acceptors (Lipinski definition) is 2. The van der Waals surface area contributed by atoms with Crippen LogP contribution in [0.25, 0.3) is 0 Å². The molecular formula is C20H34O2Si2Zr. The van der Waals surface area contributed by atoms with Crippen LogP contribution in [-0.4, -0.2) is 43.3 Å². The van der Waals surface area contributed by atoms with Gasteiger partial charge in [-0.25, -0.2) is 0 Å². The van der Waals surface area contributed by atoms with Gasteiger partial charge in [-0.05, 0) is 0 Å². The van der Waals surface area contributed by atoms with Gasteiger partial charge in [-0.1, -0.05) is 0 Å². The van der Waals surface area contributed by atoms with Crippen molar-refractivity contribution in [3.63, 3.8) is 0 Å². The second kappa shape index (κ2) is 8.84. The van der Waals surface area contributed by atoms with Crippen molar-refractivity contribution >= 4 is 19.9 Å². The van der Waals surface area contributed by atoms with E-state index in [-0.39, 0.29) is 0 Å². The fourth-order valence-corrected chi connectivity index (χ4v) is 14.6. The first-order chi connectivity index (χ1) is 11.7. The first kappa shape index (κ1) is 21.4. The van der Waals surface area contributed by atoms with Crippen molar-refractivity contribution < 1.29 is 31.5 Å². The van der Waals surface area contributed by atoms with Crippen LogP contribution in [0.15, 0.2) is 41.3 Å². The predicted octanol–water partition coefficient (Wildman–Crippen LogP) is 4.33. The van der Waals surface area contributed by atoms with E-state index in [1.54, 1.807) is 17.0 Å². The van der Waals surface area contributed by atoms with Crippen LogP contribution in [0, 0.1) is 0 Å². The van der Waals surface area contributed by atoms with Crippen LogP contribution in [0.1, 0.15) is 19.8 Å². The number of rotatable bonds is 8. The molecule has 0 aromatic carbocycles. The zero-order valence-electron chi connectivity index (χ0n) is 16.5. The monoisotopic (exact) mass is 452 g/mol. The third-order valence-electron chi connectivity index (χ3n) is 5.76. The molecular weight excluding hydrogens is 420 g/mol. The van der Waals surface area contributed by atoms with Gasteiger partial charge < -0.3 is 0 Å². The van der Waals surface area contributed by atoms with Crippen molar-refractivity contribution in [2.45, 2.75) is 58.0 Å². The molecule has 0 bridgehead atoms. The number of allylic oxidation sites excluding steroid dienone is 8. The summed E-state index contributed by atoms with van der Waals surface area (Å²) >= 11 is -1.83. The Morgan fingerprint density at radius 1 is 0.880 bits per heavy atom. The van der Waals surface area contributed by atoms with Crippen molar-refractivity contribution in [1.82, 2.24) is 0 Å². The summed E-state index contributed by atoms with van der Waals surface area (Å²) in [5, 5.41) is 21.8. The average Bonchev–Trinajstić information content (AvgIpc) is 3.18. The molecule has 2 aliphatic rings. The van der Waals surface area contributed by atoms with Crippen molar-refractivity contribution in [1.29, 1.82) is 0 Å². The third-order valence-corrected chi connectivity index (χ3v) is 19.1. The number of hydrogen-bond donors (Lipinski definition) is 2. The van der Waals surface area contributed by atoms with E-state index < -0.39 is 37.4 Å². The molecule has 0 saturated heterocycles. The SMILES string of the molecule is C[CH]=[Zr]([C]1=CC([Si](C)(C)CCO)=CC1)[C]1=CC([Si](C)(C)CCO)=CC1. The Kier molecular flexibility index (Phi) is 7.55. The zero-order valence-corrected chi connectivity index (χ0v) is 21.0. The molecule has 0 heterocycles. The summed E-state index contributed by atoms with van der Waals surface area (Å²) in [5.74, 6) is 0. The van der Waals surface area contributed by atoms with Crippen molar-refractivity contribution in [3.8, 4) is 0 Å². The molecule has 0 spiro atoms. The molecule has 0 radical (unpaired) electrons. The third kappa shape index (κ3) is 5.07. The average molecular weight is 454 g/mol. The Balaban J connectivity index is 2.18. The maximum absolute atomic E-state index is 9.37. The molecule has 0 fully saturated rings. The topological polar surface area (TPSA) is 40.5 Å². The fraction of sp³-hybridized carbons (Fsp3) is 0.550. The van der Waals surface area contributed by atoms with Gasteiger partial charge in [0.25, 0.3) is 0 Å². The summed E-state index contributed by atoms with van der Waals surface area (Å²) in [6.45, 7) is 12.4. The Hall–Kier alpha value is 0.0669. The van der Waals surface area contributed by atoms with Gasteiger partial charge in [-0.2, -0.15) is 0 Å². The molecule has 25 heavy (non-hydrogen) atoms. The molecule has 0 saturated carbocycles. The maximum atomic E-state index is 9.37. The second-order valence-electron chi connectivity index (χ2n) is 8.48. The van der Waals surface area contributed by atoms with Gasteiger partial charge >= 0.3 is 164 Å². The van der Waals surface area contributed by atoms with Gasteiger partial charge in [0, 0.05) is 0 Å². The Bertz CT molecular complexity index is 613. The molecule has 0 aromatic heterocycles. The van der Waals surface area contributed by atoms with Crippen LogP contribution in [0.3, 0.4) is 0 Å². The summed E-state index contributed by atoms with van der Waals surface area (Å²) in [7, 11) is -2.93. The summed E-state index contributed by atoms with van der Waals surface area (Å²) in [6, 6.07) is 1.93. The zero-order chi connectivity index (χ0) is 18.7. The minimum absolute atomic E-state index is 0.314. The molecule has 0 aromatic rings. The second-order valence-corrected chi connectivity index (χ2v) is 24.8. The van der Waals surface area contributed by atoms with Crippen molar-refractivity contribution in [2.75, 3.05) is 13.2 Å². The molecule has 5 heteroatoms. The van der Waals surface area contributed by atoms with Crippen LogP contribution in [-0.2, 0) is 21.3 Å². The summed E-state index contributed by atoms with van der Waals surface area (Å²) in [5.41, 5.74) is 0. The molecule has 0 unspecified atom stereocenters. The molecule has 2 nitrogen and oxygen atoms in total. The first-order valence-corrected chi connectivity index (χ1v) is 19.8. The van der Waals surface area contributed by atoms with Gasteiger partial charge in [0.2, 0.25) is 0 Å². The summed E-state index contributed by atoms with van der Waals surface area (Å²) < 4.78 is 5.95. The van der Waals surface area contributed by atoms with Crippen molar-refractivity contribution in [2.24, 2.45) is 0 Å². The Morgan fingerprint density at radius 3 is 1.60 bits per heavy atom. The molecule has 2 rings (SSSR count). The van der Waals surface area contributed by atoms with E-state index in [0.29, 0.717) is 13.2 Å². The standard InChI is InChI=1S/2C9H15OSi.C2H4.Zr/c2*1-11(2,8-7-10)9-5-3-4-6-9;1-2;/h2*5-6,10H,3,7-8H2,1-2H3;1H,2H3;. The fourth-order valence-electron chi connectivity index (χ4n) is 3.79. The van der Waals surface area contributed by atoms with E-state index in [9.17, 15) is 10.2 Å². The van der Waals surface area contributed by atoms with Gasteiger partial charge in [0.15, 0.2) is 0 Å². The quantitative estimate of drug-likeness (QED) is 0.537. The predicted molar refractivity (Wildman–Crippen MR) is 112 cm³/mol. The molecule has 138 valence electrons. The van der Waals surface area contributed by atoms with Crippen LogP contribution in [0.5, 0.6) is 0 Å². The summed E-state index contributed by atoms with van der Waals surface area (Å²) in [6.07, 6.45) is 12.2. The summed E-state index contributed by atoms with van der Waals surface area (Å²) in [4.78, 5) is 0. The van der Waals surface area contributed by atoms with Crippen LogP contribution >= 0.6 is 0 Å². The van der Waals surface area contributed by atoms with Crippen LogP contribution in [0.2, 0.25) is 38.3 Å². The number of aliphatic hydroxyl groups is 2. The van der Waals surface area contributed by atoms with Crippen molar-refractivity contribution in [3.05, 3.63) is 41.3 Å². The number of aliphatic hydroxyl groups excluding tert-OH is 2. The van der Waals surface area contributed by atoms with Gasteiger partial charge in [-0.3, -0.25) is 0 Å².